The molecule has 0 spiro atoms. The van der Waals surface area contributed by atoms with Crippen molar-refractivity contribution in [2.45, 2.75) is 77.9 Å². The molecule has 0 amide bonds. The normalized spacial score (nSPS) is 16.0. The van der Waals surface area contributed by atoms with E-state index in [4.69, 9.17) is 4.74 Å². The maximum absolute atomic E-state index is 12.5. The first-order valence-corrected chi connectivity index (χ1v) is 9.07. The number of thiazole rings is 1. The molecule has 4 nitrogen and oxygen atoms in total. The number of nitrogens with zero attached hydrogens (tertiary/aromatic N) is 1. The number of rotatable bonds is 8. The van der Waals surface area contributed by atoms with Crippen LogP contribution >= 0.6 is 11.3 Å². The molecule has 0 saturated heterocycles. The molecule has 1 heterocycles. The number of halogens is 2. The third kappa shape index (κ3) is 6.43. The van der Waals surface area contributed by atoms with Crippen molar-refractivity contribution in [2.75, 3.05) is 0 Å². The van der Waals surface area contributed by atoms with Crippen molar-refractivity contribution in [1.82, 2.24) is 4.98 Å². The number of alkyl halides is 2. The fourth-order valence-electron chi connectivity index (χ4n) is 2.23. The number of hydrogen-bond donors (Lipinski definition) is 1. The van der Waals surface area contributed by atoms with Gasteiger partial charge in [0.25, 0.3) is 6.43 Å². The Bertz CT molecular complexity index is 528. The van der Waals surface area contributed by atoms with E-state index in [1.165, 1.54) is 16.7 Å². The highest BCUT2D eigenvalue weighted by Gasteiger charge is 2.25. The van der Waals surface area contributed by atoms with Crippen molar-refractivity contribution in [3.05, 3.63) is 16.1 Å². The zero-order valence-electron chi connectivity index (χ0n) is 14.9. The van der Waals surface area contributed by atoms with E-state index in [9.17, 15) is 18.7 Å². The molecule has 1 aromatic heterocycles. The van der Waals surface area contributed by atoms with Gasteiger partial charge in [-0.05, 0) is 40.0 Å². The number of aliphatic hydroxyl groups is 1. The summed E-state index contributed by atoms with van der Waals surface area (Å²) in [6, 6.07) is 0. The first kappa shape index (κ1) is 21.0. The molecule has 0 saturated carbocycles. The van der Waals surface area contributed by atoms with Gasteiger partial charge in [0.15, 0.2) is 6.10 Å². The van der Waals surface area contributed by atoms with Crippen molar-refractivity contribution in [3.8, 4) is 0 Å². The average Bonchev–Trinajstić information content (AvgIpc) is 2.94. The van der Waals surface area contributed by atoms with Crippen LogP contribution in [0.3, 0.4) is 0 Å². The van der Waals surface area contributed by atoms with E-state index in [1.807, 2.05) is 34.6 Å². The van der Waals surface area contributed by atoms with Crippen LogP contribution in [0.5, 0.6) is 0 Å². The lowest BCUT2D eigenvalue weighted by Gasteiger charge is -2.23. The standard InChI is InChI=1S/C17H27F2NO3S/c1-6-11(8-7-10(2)16(22)23-17(3,4)5)15-20-12(9-24-15)13(21)14(18)19/h9-11,13-14,21H,6-8H2,1-5H3. The predicted molar refractivity (Wildman–Crippen MR) is 90.4 cm³/mol. The van der Waals surface area contributed by atoms with E-state index in [2.05, 4.69) is 4.98 Å². The maximum atomic E-state index is 12.5. The fraction of sp³-hybridized carbons (Fsp3) is 0.765. The first-order chi connectivity index (χ1) is 11.0. The molecule has 0 aliphatic carbocycles. The lowest BCUT2D eigenvalue weighted by atomic mass is 9.95. The second kappa shape index (κ2) is 8.85. The summed E-state index contributed by atoms with van der Waals surface area (Å²) < 4.78 is 30.5. The van der Waals surface area contributed by atoms with Gasteiger partial charge in [0, 0.05) is 11.3 Å². The van der Waals surface area contributed by atoms with Crippen molar-refractivity contribution in [2.24, 2.45) is 5.92 Å². The number of ether oxygens (including phenoxy) is 1. The molecule has 24 heavy (non-hydrogen) atoms. The maximum Gasteiger partial charge on any atom is 0.309 e. The van der Waals surface area contributed by atoms with Crippen LogP contribution in [0.15, 0.2) is 5.38 Å². The van der Waals surface area contributed by atoms with Gasteiger partial charge in [-0.3, -0.25) is 4.79 Å². The van der Waals surface area contributed by atoms with Crippen LogP contribution in [0.1, 0.15) is 76.6 Å². The van der Waals surface area contributed by atoms with E-state index in [0.29, 0.717) is 12.8 Å². The Hall–Kier alpha value is -1.08. The van der Waals surface area contributed by atoms with Gasteiger partial charge in [-0.25, -0.2) is 13.8 Å². The van der Waals surface area contributed by atoms with Crippen molar-refractivity contribution < 1.29 is 23.4 Å². The zero-order chi connectivity index (χ0) is 18.5. The summed E-state index contributed by atoms with van der Waals surface area (Å²) in [4.78, 5) is 16.2. The van der Waals surface area contributed by atoms with Crippen LogP contribution in [-0.2, 0) is 9.53 Å². The zero-order valence-corrected chi connectivity index (χ0v) is 15.7. The van der Waals surface area contributed by atoms with E-state index >= 15 is 0 Å². The van der Waals surface area contributed by atoms with Crippen LogP contribution in [0, 0.1) is 5.92 Å². The number of aromatic nitrogens is 1. The molecule has 1 aromatic rings. The highest BCUT2D eigenvalue weighted by molar-refractivity contribution is 7.09. The molecule has 1 rings (SSSR count). The molecule has 0 aliphatic heterocycles. The molecule has 3 unspecified atom stereocenters. The van der Waals surface area contributed by atoms with Gasteiger partial charge in [-0.1, -0.05) is 13.8 Å². The summed E-state index contributed by atoms with van der Waals surface area (Å²) in [5.74, 6) is -0.381. The lowest BCUT2D eigenvalue weighted by molar-refractivity contribution is -0.159. The third-order valence-electron chi connectivity index (χ3n) is 3.68. The van der Waals surface area contributed by atoms with Crippen LogP contribution in [-0.4, -0.2) is 28.1 Å². The highest BCUT2D eigenvalue weighted by Crippen LogP contribution is 2.32. The Kier molecular flexibility index (Phi) is 7.73. The largest absolute Gasteiger partial charge is 0.460 e. The van der Waals surface area contributed by atoms with Gasteiger partial charge in [0.2, 0.25) is 0 Å². The topological polar surface area (TPSA) is 59.4 Å². The third-order valence-corrected chi connectivity index (χ3v) is 4.71. The van der Waals surface area contributed by atoms with E-state index in [1.54, 1.807) is 0 Å². The van der Waals surface area contributed by atoms with Gasteiger partial charge in [-0.2, -0.15) is 0 Å². The molecule has 0 aromatic carbocycles. The van der Waals surface area contributed by atoms with Gasteiger partial charge >= 0.3 is 5.97 Å². The summed E-state index contributed by atoms with van der Waals surface area (Å²) in [7, 11) is 0. The van der Waals surface area contributed by atoms with Gasteiger partial charge in [0.05, 0.1) is 16.6 Å². The Morgan fingerprint density at radius 3 is 2.50 bits per heavy atom. The van der Waals surface area contributed by atoms with E-state index < -0.39 is 18.1 Å². The van der Waals surface area contributed by atoms with Gasteiger partial charge in [0.1, 0.15) is 5.60 Å². The van der Waals surface area contributed by atoms with E-state index in [-0.39, 0.29) is 23.5 Å². The minimum Gasteiger partial charge on any atom is -0.460 e. The molecule has 3 atom stereocenters. The van der Waals surface area contributed by atoms with Crippen LogP contribution in [0.4, 0.5) is 8.78 Å². The van der Waals surface area contributed by atoms with Crippen LogP contribution in [0.2, 0.25) is 0 Å². The Morgan fingerprint density at radius 2 is 2.00 bits per heavy atom. The van der Waals surface area contributed by atoms with Crippen molar-refractivity contribution in [3.63, 3.8) is 0 Å². The van der Waals surface area contributed by atoms with Crippen LogP contribution < -0.4 is 0 Å². The predicted octanol–water partition coefficient (Wildman–Crippen LogP) is 4.69. The smallest absolute Gasteiger partial charge is 0.309 e. The summed E-state index contributed by atoms with van der Waals surface area (Å²) >= 11 is 1.28. The molecule has 0 bridgehead atoms. The fourth-order valence-corrected chi connectivity index (χ4v) is 3.30. The molecule has 1 N–H and O–H groups in total. The number of carbonyl (C=O) groups excluding carboxylic acids is 1. The first-order valence-electron chi connectivity index (χ1n) is 8.19. The summed E-state index contributed by atoms with van der Waals surface area (Å²) in [5.41, 5.74) is -0.492. The van der Waals surface area contributed by atoms with Crippen molar-refractivity contribution in [1.29, 1.82) is 0 Å². The summed E-state index contributed by atoms with van der Waals surface area (Å²) in [5, 5.41) is 11.6. The number of aliphatic hydroxyl groups excluding tert-OH is 1. The van der Waals surface area contributed by atoms with Crippen molar-refractivity contribution >= 4 is 17.3 Å². The molecule has 7 heteroatoms. The van der Waals surface area contributed by atoms with Crippen LogP contribution in [0.25, 0.3) is 0 Å². The molecule has 138 valence electrons. The molecular weight excluding hydrogens is 336 g/mol. The SMILES string of the molecule is CCC(CCC(C)C(=O)OC(C)(C)C)c1nc(C(O)C(F)F)cs1. The molecule has 0 fully saturated rings. The summed E-state index contributed by atoms with van der Waals surface area (Å²) in [6.07, 6.45) is -2.53. The monoisotopic (exact) mass is 363 g/mol. The second-order valence-electron chi connectivity index (χ2n) is 7.01. The number of esters is 1. The van der Waals surface area contributed by atoms with E-state index in [0.717, 1.165) is 11.4 Å². The Morgan fingerprint density at radius 1 is 1.38 bits per heavy atom. The quantitative estimate of drug-likeness (QED) is 0.681. The Labute approximate surface area is 146 Å². The van der Waals surface area contributed by atoms with Gasteiger partial charge < -0.3 is 9.84 Å². The highest BCUT2D eigenvalue weighted by atomic mass is 32.1. The minimum absolute atomic E-state index is 0.0173. The number of carbonyl (C=O) groups is 1. The molecule has 0 radical (unpaired) electrons. The van der Waals surface area contributed by atoms with Gasteiger partial charge in [-0.15, -0.1) is 11.3 Å². The molecule has 0 aliphatic rings. The molecular formula is C17H27F2NO3S. The average molecular weight is 363 g/mol. The lowest BCUT2D eigenvalue weighted by Crippen LogP contribution is -2.27. The number of hydrogen-bond acceptors (Lipinski definition) is 5. The Balaban J connectivity index is 2.63. The minimum atomic E-state index is -2.84. The summed E-state index contributed by atoms with van der Waals surface area (Å²) in [6.45, 7) is 9.32. The second-order valence-corrected chi connectivity index (χ2v) is 7.90.